The molecule has 1 aromatic rings. The molecule has 1 saturated heterocycles. The molecule has 1 fully saturated rings. The third-order valence-electron chi connectivity index (χ3n) is 4.93. The van der Waals surface area contributed by atoms with E-state index in [9.17, 15) is 5.11 Å². The molecule has 3 N–H and O–H groups in total. The SMILES string of the molecule is CN=C(NCCCOC(C)c1ccccc1)NCC1(CCO)CCOC1. The van der Waals surface area contributed by atoms with Gasteiger partial charge in [-0.25, -0.2) is 0 Å². The number of aliphatic hydroxyl groups excluding tert-OH is 1. The van der Waals surface area contributed by atoms with Crippen LogP contribution in [0.4, 0.5) is 0 Å². The third-order valence-corrected chi connectivity index (χ3v) is 4.93. The summed E-state index contributed by atoms with van der Waals surface area (Å²) in [5.74, 6) is 0.783. The zero-order valence-corrected chi connectivity index (χ0v) is 16.0. The van der Waals surface area contributed by atoms with E-state index in [1.807, 2.05) is 18.2 Å². The van der Waals surface area contributed by atoms with Crippen molar-refractivity contribution >= 4 is 5.96 Å². The molecule has 0 saturated carbocycles. The monoisotopic (exact) mass is 363 g/mol. The Balaban J connectivity index is 1.63. The molecule has 0 aromatic heterocycles. The van der Waals surface area contributed by atoms with Gasteiger partial charge in [0.2, 0.25) is 0 Å². The van der Waals surface area contributed by atoms with E-state index in [0.717, 1.165) is 44.9 Å². The molecule has 2 atom stereocenters. The number of nitrogens with one attached hydrogen (secondary N) is 2. The highest BCUT2D eigenvalue weighted by molar-refractivity contribution is 5.79. The highest BCUT2D eigenvalue weighted by Crippen LogP contribution is 2.31. The van der Waals surface area contributed by atoms with Crippen molar-refractivity contribution in [2.45, 2.75) is 32.3 Å². The summed E-state index contributed by atoms with van der Waals surface area (Å²) in [5.41, 5.74) is 1.21. The molecule has 1 aromatic carbocycles. The van der Waals surface area contributed by atoms with E-state index >= 15 is 0 Å². The van der Waals surface area contributed by atoms with Crippen LogP contribution in [0.1, 0.15) is 37.9 Å². The van der Waals surface area contributed by atoms with Crippen LogP contribution in [0.3, 0.4) is 0 Å². The Hall–Kier alpha value is -1.63. The number of nitrogens with zero attached hydrogens (tertiary/aromatic N) is 1. The Labute approximate surface area is 157 Å². The fourth-order valence-electron chi connectivity index (χ4n) is 3.16. The van der Waals surface area contributed by atoms with E-state index in [1.54, 1.807) is 7.05 Å². The van der Waals surface area contributed by atoms with Gasteiger partial charge in [-0.3, -0.25) is 4.99 Å². The fourth-order valence-corrected chi connectivity index (χ4v) is 3.16. The predicted octanol–water partition coefficient (Wildman–Crippen LogP) is 2.11. The second-order valence-corrected chi connectivity index (χ2v) is 6.91. The van der Waals surface area contributed by atoms with Gasteiger partial charge in [0.15, 0.2) is 5.96 Å². The van der Waals surface area contributed by atoms with Crippen molar-refractivity contribution in [1.29, 1.82) is 0 Å². The average molecular weight is 364 g/mol. The maximum Gasteiger partial charge on any atom is 0.190 e. The van der Waals surface area contributed by atoms with Gasteiger partial charge in [0.25, 0.3) is 0 Å². The van der Waals surface area contributed by atoms with E-state index in [4.69, 9.17) is 9.47 Å². The number of aliphatic imine (C=N–C) groups is 1. The van der Waals surface area contributed by atoms with Crippen LogP contribution in [0.5, 0.6) is 0 Å². The number of ether oxygens (including phenoxy) is 2. The van der Waals surface area contributed by atoms with Gasteiger partial charge < -0.3 is 25.2 Å². The fraction of sp³-hybridized carbons (Fsp3) is 0.650. The summed E-state index contributed by atoms with van der Waals surface area (Å²) in [5, 5.41) is 16.0. The van der Waals surface area contributed by atoms with E-state index < -0.39 is 0 Å². The van der Waals surface area contributed by atoms with Gasteiger partial charge in [-0.2, -0.15) is 0 Å². The number of hydrogen-bond donors (Lipinski definition) is 3. The maximum atomic E-state index is 9.30. The standard InChI is InChI=1S/C20H33N3O3/c1-17(18-7-4-3-5-8-18)26-13-6-11-22-19(21-2)23-15-20(9-12-24)10-14-25-16-20/h3-5,7-8,17,24H,6,9-16H2,1-2H3,(H2,21,22,23). The Kier molecular flexibility index (Phi) is 8.88. The Bertz CT molecular complexity index is 530. The minimum atomic E-state index is 0.0145. The van der Waals surface area contributed by atoms with Crippen molar-refractivity contribution in [3.8, 4) is 0 Å². The van der Waals surface area contributed by atoms with Crippen LogP contribution in [0.2, 0.25) is 0 Å². The second kappa shape index (κ2) is 11.2. The van der Waals surface area contributed by atoms with Gasteiger partial charge in [-0.05, 0) is 31.7 Å². The highest BCUT2D eigenvalue weighted by Gasteiger charge is 2.34. The molecule has 0 aliphatic carbocycles. The third kappa shape index (κ3) is 6.59. The lowest BCUT2D eigenvalue weighted by Crippen LogP contribution is -2.44. The summed E-state index contributed by atoms with van der Waals surface area (Å²) in [4.78, 5) is 4.27. The van der Waals surface area contributed by atoms with Gasteiger partial charge in [-0.1, -0.05) is 30.3 Å². The summed E-state index contributed by atoms with van der Waals surface area (Å²) in [6.07, 6.45) is 2.74. The normalized spacial score (nSPS) is 21.6. The quantitative estimate of drug-likeness (QED) is 0.337. The summed E-state index contributed by atoms with van der Waals surface area (Å²) >= 11 is 0. The molecule has 2 unspecified atom stereocenters. The van der Waals surface area contributed by atoms with Crippen molar-refractivity contribution in [3.63, 3.8) is 0 Å². The van der Waals surface area contributed by atoms with Gasteiger partial charge in [-0.15, -0.1) is 0 Å². The molecular formula is C20H33N3O3. The van der Waals surface area contributed by atoms with E-state index in [2.05, 4.69) is 34.7 Å². The number of rotatable bonds is 10. The van der Waals surface area contributed by atoms with Crippen LogP contribution in [0.15, 0.2) is 35.3 Å². The molecule has 0 bridgehead atoms. The predicted molar refractivity (Wildman–Crippen MR) is 104 cm³/mol. The van der Waals surface area contributed by atoms with Crippen molar-refractivity contribution in [2.24, 2.45) is 10.4 Å². The number of guanidine groups is 1. The minimum absolute atomic E-state index is 0.0145. The van der Waals surface area contributed by atoms with Crippen LogP contribution in [-0.4, -0.2) is 57.6 Å². The Morgan fingerprint density at radius 1 is 1.35 bits per heavy atom. The summed E-state index contributed by atoms with van der Waals surface area (Å²) < 4.78 is 11.4. The van der Waals surface area contributed by atoms with Gasteiger partial charge in [0, 0.05) is 45.4 Å². The van der Waals surface area contributed by atoms with Gasteiger partial charge >= 0.3 is 0 Å². The number of aliphatic hydroxyl groups is 1. The van der Waals surface area contributed by atoms with Crippen molar-refractivity contribution in [1.82, 2.24) is 10.6 Å². The molecule has 1 aliphatic heterocycles. The van der Waals surface area contributed by atoms with Crippen molar-refractivity contribution in [3.05, 3.63) is 35.9 Å². The first-order chi connectivity index (χ1) is 12.7. The molecule has 2 rings (SSSR count). The van der Waals surface area contributed by atoms with Crippen molar-refractivity contribution in [2.75, 3.05) is 46.6 Å². The smallest absolute Gasteiger partial charge is 0.190 e. The highest BCUT2D eigenvalue weighted by atomic mass is 16.5. The molecule has 0 radical (unpaired) electrons. The molecule has 0 spiro atoms. The molecule has 146 valence electrons. The number of hydrogen-bond acceptors (Lipinski definition) is 4. The molecule has 1 aliphatic rings. The van der Waals surface area contributed by atoms with E-state index in [1.165, 1.54) is 5.56 Å². The van der Waals surface area contributed by atoms with E-state index in [-0.39, 0.29) is 18.1 Å². The van der Waals surface area contributed by atoms with Gasteiger partial charge in [0.1, 0.15) is 0 Å². The molecule has 0 amide bonds. The zero-order chi connectivity index (χ0) is 18.7. The Morgan fingerprint density at radius 3 is 2.81 bits per heavy atom. The maximum absolute atomic E-state index is 9.30. The lowest BCUT2D eigenvalue weighted by molar-refractivity contribution is 0.0646. The first kappa shape index (κ1) is 20.7. The van der Waals surface area contributed by atoms with Gasteiger partial charge in [0.05, 0.1) is 12.7 Å². The topological polar surface area (TPSA) is 75.1 Å². The summed E-state index contributed by atoms with van der Waals surface area (Å²) in [6, 6.07) is 10.3. The first-order valence-electron chi connectivity index (χ1n) is 9.49. The number of benzene rings is 1. The minimum Gasteiger partial charge on any atom is -0.396 e. The van der Waals surface area contributed by atoms with E-state index in [0.29, 0.717) is 13.2 Å². The zero-order valence-electron chi connectivity index (χ0n) is 16.0. The Morgan fingerprint density at radius 2 is 2.15 bits per heavy atom. The van der Waals surface area contributed by atoms with Crippen molar-refractivity contribution < 1.29 is 14.6 Å². The average Bonchev–Trinajstić information content (AvgIpc) is 3.13. The summed E-state index contributed by atoms with van der Waals surface area (Å²) in [6.45, 7) is 5.98. The molecular weight excluding hydrogens is 330 g/mol. The van der Waals surface area contributed by atoms with Crippen LogP contribution < -0.4 is 10.6 Å². The van der Waals surface area contributed by atoms with Crippen LogP contribution in [0.25, 0.3) is 0 Å². The van der Waals surface area contributed by atoms with Crippen LogP contribution in [-0.2, 0) is 9.47 Å². The largest absolute Gasteiger partial charge is 0.396 e. The molecule has 26 heavy (non-hydrogen) atoms. The molecule has 6 nitrogen and oxygen atoms in total. The summed E-state index contributed by atoms with van der Waals surface area (Å²) in [7, 11) is 1.77. The van der Waals surface area contributed by atoms with Crippen LogP contribution >= 0.6 is 0 Å². The molecule has 6 heteroatoms. The molecule has 1 heterocycles. The first-order valence-corrected chi connectivity index (χ1v) is 9.49. The van der Waals surface area contributed by atoms with Crippen LogP contribution in [0, 0.1) is 5.41 Å². The lowest BCUT2D eigenvalue weighted by atomic mass is 9.84. The lowest BCUT2D eigenvalue weighted by Gasteiger charge is -2.27. The second-order valence-electron chi connectivity index (χ2n) is 6.91.